The van der Waals surface area contributed by atoms with E-state index in [1.54, 1.807) is 0 Å². The maximum atomic E-state index is 8.10. The third-order valence-corrected chi connectivity index (χ3v) is 1.62. The van der Waals surface area contributed by atoms with Crippen LogP contribution in [0.15, 0.2) is 0 Å². The minimum atomic E-state index is 0.374. The summed E-state index contributed by atoms with van der Waals surface area (Å²) in [7, 11) is 0. The zero-order valence-electron chi connectivity index (χ0n) is 5.09. The Bertz CT molecular complexity index is 129. The Hall–Kier alpha value is -0.270. The fourth-order valence-electron chi connectivity index (χ4n) is 0.251. The van der Waals surface area contributed by atoms with E-state index in [9.17, 15) is 0 Å². The van der Waals surface area contributed by atoms with Gasteiger partial charge in [0, 0.05) is 0 Å². The van der Waals surface area contributed by atoms with E-state index in [1.165, 1.54) is 11.8 Å². The Morgan fingerprint density at radius 1 is 1.89 bits per heavy atom. The van der Waals surface area contributed by atoms with E-state index in [2.05, 4.69) is 0 Å². The summed E-state index contributed by atoms with van der Waals surface area (Å²) in [6.07, 6.45) is 0. The summed E-state index contributed by atoms with van der Waals surface area (Å²) >= 11 is 5.96. The largest absolute Gasteiger partial charge is 0.479 e. The monoisotopic (exact) mass is 161 g/mol. The second-order valence-electron chi connectivity index (χ2n) is 1.13. The minimum absolute atomic E-state index is 0.374. The van der Waals surface area contributed by atoms with Crippen LogP contribution < -0.4 is 0 Å². The van der Waals surface area contributed by atoms with Gasteiger partial charge in [0.25, 0.3) is 0 Å². The Kier molecular flexibility index (Phi) is 5.68. The molecule has 0 heterocycles. The van der Waals surface area contributed by atoms with Crippen LogP contribution in [0.1, 0.15) is 6.92 Å². The van der Waals surface area contributed by atoms with Gasteiger partial charge in [0.2, 0.25) is 4.38 Å². The van der Waals surface area contributed by atoms with E-state index >= 15 is 0 Å². The molecule has 9 heavy (non-hydrogen) atoms. The van der Waals surface area contributed by atoms with Crippen molar-refractivity contribution in [3.05, 3.63) is 0 Å². The molecule has 0 unspecified atom stereocenters. The number of hydrogen-bond acceptors (Lipinski definition) is 4. The number of hydrogen-bond donors (Lipinski definition) is 0. The average Bonchev–Trinajstić information content (AvgIpc) is 1.85. The molecule has 0 fully saturated rings. The van der Waals surface area contributed by atoms with E-state index in [0.717, 1.165) is 0 Å². The summed E-state index contributed by atoms with van der Waals surface area (Å²) in [5, 5.41) is 8.10. The van der Waals surface area contributed by atoms with E-state index in [4.69, 9.17) is 22.2 Å². The molecule has 0 aromatic carbocycles. The van der Waals surface area contributed by atoms with Gasteiger partial charge in [-0.05, 0) is 19.1 Å². The van der Waals surface area contributed by atoms with Crippen molar-refractivity contribution in [2.75, 3.05) is 12.4 Å². The molecule has 0 amide bonds. The Balaban J connectivity index is 3.19. The van der Waals surface area contributed by atoms with Gasteiger partial charge in [-0.25, -0.2) is 0 Å². The summed E-state index contributed by atoms with van der Waals surface area (Å²) < 4.78 is 5.34. The van der Waals surface area contributed by atoms with E-state index in [0.29, 0.717) is 16.7 Å². The van der Waals surface area contributed by atoms with Gasteiger partial charge < -0.3 is 4.74 Å². The normalized spacial score (nSPS) is 8.00. The van der Waals surface area contributed by atoms with Gasteiger partial charge in [-0.1, -0.05) is 11.8 Å². The fourth-order valence-corrected chi connectivity index (χ4v) is 0.929. The first kappa shape index (κ1) is 8.73. The van der Waals surface area contributed by atoms with Gasteiger partial charge in [0.05, 0.1) is 18.4 Å². The molecule has 0 bridgehead atoms. The molecule has 0 saturated heterocycles. The third kappa shape index (κ3) is 5.60. The molecular weight excluding hydrogens is 154 g/mol. The lowest BCUT2D eigenvalue weighted by Crippen LogP contribution is -1.95. The summed E-state index contributed by atoms with van der Waals surface area (Å²) in [6, 6.07) is 1.95. The van der Waals surface area contributed by atoms with Crippen LogP contribution in [0, 0.1) is 11.3 Å². The second kappa shape index (κ2) is 5.86. The quantitative estimate of drug-likeness (QED) is 0.575. The highest BCUT2D eigenvalue weighted by Crippen LogP contribution is 2.03. The van der Waals surface area contributed by atoms with Crippen LogP contribution in [0.25, 0.3) is 0 Å². The van der Waals surface area contributed by atoms with Crippen LogP contribution in [-0.2, 0) is 4.74 Å². The number of nitrogens with zero attached hydrogens (tertiary/aromatic N) is 1. The minimum Gasteiger partial charge on any atom is -0.479 e. The first-order chi connectivity index (χ1) is 4.31. The Morgan fingerprint density at radius 3 is 3.00 bits per heavy atom. The lowest BCUT2D eigenvalue weighted by molar-refractivity contribution is 0.346. The summed E-state index contributed by atoms with van der Waals surface area (Å²) in [4.78, 5) is 0. The van der Waals surface area contributed by atoms with Crippen molar-refractivity contribution in [3.63, 3.8) is 0 Å². The number of nitriles is 1. The molecule has 0 rings (SSSR count). The predicted octanol–water partition coefficient (Wildman–Crippen LogP) is 1.56. The molecule has 0 aromatic rings. The molecule has 0 spiro atoms. The van der Waals surface area contributed by atoms with Crippen LogP contribution in [0.2, 0.25) is 0 Å². The third-order valence-electron chi connectivity index (χ3n) is 0.517. The van der Waals surface area contributed by atoms with Gasteiger partial charge in [-0.15, -0.1) is 0 Å². The molecule has 0 aromatic heterocycles. The molecule has 0 aliphatic heterocycles. The molecule has 2 nitrogen and oxygen atoms in total. The molecule has 0 radical (unpaired) electrons. The van der Waals surface area contributed by atoms with Gasteiger partial charge in [0.15, 0.2) is 0 Å². The lowest BCUT2D eigenvalue weighted by atomic mass is 10.9. The summed E-state index contributed by atoms with van der Waals surface area (Å²) in [6.45, 7) is 2.44. The van der Waals surface area contributed by atoms with E-state index in [-0.39, 0.29) is 0 Å². The van der Waals surface area contributed by atoms with Crippen LogP contribution >= 0.6 is 24.0 Å². The molecule has 0 N–H and O–H groups in total. The smallest absolute Gasteiger partial charge is 0.220 e. The van der Waals surface area contributed by atoms with Gasteiger partial charge in [-0.3, -0.25) is 0 Å². The average molecular weight is 161 g/mol. The number of thioether (sulfide) groups is 1. The molecule has 0 saturated carbocycles. The SMILES string of the molecule is CCOC(=S)SCC#N. The zero-order valence-corrected chi connectivity index (χ0v) is 6.72. The van der Waals surface area contributed by atoms with E-state index in [1.807, 2.05) is 13.0 Å². The maximum Gasteiger partial charge on any atom is 0.220 e. The van der Waals surface area contributed by atoms with Crippen molar-refractivity contribution >= 4 is 28.4 Å². The van der Waals surface area contributed by atoms with Crippen LogP contribution in [-0.4, -0.2) is 16.7 Å². The predicted molar refractivity (Wildman–Crippen MR) is 42.3 cm³/mol. The van der Waals surface area contributed by atoms with Crippen LogP contribution in [0.5, 0.6) is 0 Å². The van der Waals surface area contributed by atoms with Crippen molar-refractivity contribution in [2.45, 2.75) is 6.92 Å². The van der Waals surface area contributed by atoms with Crippen molar-refractivity contribution in [2.24, 2.45) is 0 Å². The Morgan fingerprint density at radius 2 is 2.56 bits per heavy atom. The zero-order chi connectivity index (χ0) is 7.11. The standard InChI is InChI=1S/C5H7NOS2/c1-2-7-5(8)9-4-3-6/h2,4H2,1H3. The molecule has 0 atom stereocenters. The van der Waals surface area contributed by atoms with Crippen molar-refractivity contribution in [1.29, 1.82) is 5.26 Å². The van der Waals surface area contributed by atoms with Gasteiger partial charge in [0.1, 0.15) is 0 Å². The molecule has 0 aliphatic carbocycles. The first-order valence-electron chi connectivity index (χ1n) is 2.47. The molecular formula is C5H7NOS2. The van der Waals surface area contributed by atoms with Crippen molar-refractivity contribution < 1.29 is 4.74 Å². The first-order valence-corrected chi connectivity index (χ1v) is 3.87. The van der Waals surface area contributed by atoms with Crippen LogP contribution in [0.3, 0.4) is 0 Å². The fraction of sp³-hybridized carbons (Fsp3) is 0.600. The topological polar surface area (TPSA) is 33.0 Å². The Labute approximate surface area is 64.2 Å². The molecule has 50 valence electrons. The molecule has 4 heteroatoms. The lowest BCUT2D eigenvalue weighted by Gasteiger charge is -1.98. The highest BCUT2D eigenvalue weighted by Gasteiger charge is 1.93. The maximum absolute atomic E-state index is 8.10. The number of ether oxygens (including phenoxy) is 1. The number of thiocarbonyl (C=S) groups is 1. The number of rotatable bonds is 2. The van der Waals surface area contributed by atoms with Crippen molar-refractivity contribution in [3.8, 4) is 6.07 Å². The van der Waals surface area contributed by atoms with Gasteiger partial charge in [-0.2, -0.15) is 5.26 Å². The van der Waals surface area contributed by atoms with Gasteiger partial charge >= 0.3 is 0 Å². The summed E-state index contributed by atoms with van der Waals surface area (Å²) in [5.74, 6) is 0.374. The summed E-state index contributed by atoms with van der Waals surface area (Å²) in [5.41, 5.74) is 0. The highest BCUT2D eigenvalue weighted by molar-refractivity contribution is 8.22. The highest BCUT2D eigenvalue weighted by atomic mass is 32.2. The van der Waals surface area contributed by atoms with E-state index < -0.39 is 0 Å². The molecule has 0 aliphatic rings. The van der Waals surface area contributed by atoms with Crippen LogP contribution in [0.4, 0.5) is 0 Å². The van der Waals surface area contributed by atoms with Crippen molar-refractivity contribution in [1.82, 2.24) is 0 Å². The second-order valence-corrected chi connectivity index (χ2v) is 2.71.